The molecule has 1 rings (SSSR count). The van der Waals surface area contributed by atoms with Gasteiger partial charge in [0.2, 0.25) is 10.0 Å². The topological polar surface area (TPSA) is 243 Å². The van der Waals surface area contributed by atoms with Crippen molar-refractivity contribution in [1.82, 2.24) is 4.72 Å². The number of unbranched alkanes of at least 4 members (excludes halogenated alkanes) is 15. The first-order chi connectivity index (χ1) is 34.3. The van der Waals surface area contributed by atoms with Crippen LogP contribution in [0.4, 0.5) is 11.4 Å². The van der Waals surface area contributed by atoms with Crippen LogP contribution in [-0.2, 0) is 66.9 Å². The minimum absolute atomic E-state index is 0.0239. The molecule has 0 spiro atoms. The SMILES string of the molecule is CCCCCCCCCCCCCCCCCCOCCOCCOCCOCCOCCOCCOCCOCCOCCOCCOCCOCCNS(=O)(=O)c1ccc([N+](=O)[O-])cc1[N+](=O)[O-]. The maximum absolute atomic E-state index is 12.4. The lowest BCUT2D eigenvalue weighted by Crippen LogP contribution is -2.28. The summed E-state index contributed by atoms with van der Waals surface area (Å²) in [6.07, 6.45) is 22.0. The molecule has 0 aliphatic rings. The van der Waals surface area contributed by atoms with E-state index in [1.165, 1.54) is 96.3 Å². The average Bonchev–Trinajstić information content (AvgIpc) is 3.35. The molecule has 0 amide bonds. The molecule has 22 heteroatoms. The molecule has 21 nitrogen and oxygen atoms in total. The molecule has 0 aliphatic heterocycles. The van der Waals surface area contributed by atoms with Crippen LogP contribution >= 0.6 is 0 Å². The van der Waals surface area contributed by atoms with Crippen molar-refractivity contribution in [3.63, 3.8) is 0 Å². The summed E-state index contributed by atoms with van der Waals surface area (Å²) in [5.41, 5.74) is -1.49. The third kappa shape index (κ3) is 42.0. The molecule has 0 atom stereocenters. The normalized spacial score (nSPS) is 11.8. The largest absolute Gasteiger partial charge is 0.379 e. The molecule has 0 unspecified atom stereocenters. The molecule has 0 bridgehead atoms. The molecule has 0 radical (unpaired) electrons. The van der Waals surface area contributed by atoms with Gasteiger partial charge in [0, 0.05) is 19.2 Å². The third-order valence-electron chi connectivity index (χ3n) is 10.4. The van der Waals surface area contributed by atoms with Crippen molar-refractivity contribution >= 4 is 21.4 Å². The summed E-state index contributed by atoms with van der Waals surface area (Å²) in [7, 11) is -4.29. The first-order valence-corrected chi connectivity index (χ1v) is 27.1. The highest BCUT2D eigenvalue weighted by Crippen LogP contribution is 2.28. The van der Waals surface area contributed by atoms with Crippen LogP contribution in [0.5, 0.6) is 0 Å². The number of benzene rings is 1. The Morgan fingerprint density at radius 2 is 0.657 bits per heavy atom. The number of ether oxygens (including phenoxy) is 12. The van der Waals surface area contributed by atoms with Crippen LogP contribution < -0.4 is 4.72 Å². The molecule has 0 saturated carbocycles. The Kier molecular flexibility index (Phi) is 46.8. The van der Waals surface area contributed by atoms with Gasteiger partial charge in [-0.15, -0.1) is 0 Å². The number of hydrogen-bond donors (Lipinski definition) is 1. The summed E-state index contributed by atoms with van der Waals surface area (Å²) < 4.78 is 93.0. The van der Waals surface area contributed by atoms with Crippen molar-refractivity contribution in [3.05, 3.63) is 38.4 Å². The van der Waals surface area contributed by atoms with Gasteiger partial charge < -0.3 is 56.8 Å². The molecule has 0 fully saturated rings. The zero-order valence-corrected chi connectivity index (χ0v) is 43.2. The molecule has 0 aromatic heterocycles. The van der Waals surface area contributed by atoms with Crippen LogP contribution in [0.1, 0.15) is 110 Å². The molecule has 1 N–H and O–H groups in total. The first kappa shape index (κ1) is 65.5. The maximum atomic E-state index is 12.4. The molecule has 0 saturated heterocycles. The number of hydrogen-bond acceptors (Lipinski definition) is 18. The number of nitro groups is 2. The Bertz CT molecular complexity index is 1450. The Morgan fingerprint density at radius 1 is 0.386 bits per heavy atom. The van der Waals surface area contributed by atoms with E-state index in [1.54, 1.807) is 0 Å². The highest BCUT2D eigenvalue weighted by Gasteiger charge is 2.28. The van der Waals surface area contributed by atoms with E-state index >= 15 is 0 Å². The predicted octanol–water partition coefficient (Wildman–Crippen LogP) is 7.24. The number of sulfonamides is 1. The number of nitrogens with zero attached hydrogens (tertiary/aromatic N) is 2. The van der Waals surface area contributed by atoms with Crippen molar-refractivity contribution < 1.29 is 75.1 Å². The van der Waals surface area contributed by atoms with Crippen LogP contribution in [0.2, 0.25) is 0 Å². The second-order valence-corrected chi connectivity index (χ2v) is 18.0. The van der Waals surface area contributed by atoms with Crippen molar-refractivity contribution in [2.24, 2.45) is 0 Å². The van der Waals surface area contributed by atoms with Gasteiger partial charge >= 0.3 is 0 Å². The lowest BCUT2D eigenvalue weighted by molar-refractivity contribution is -0.396. The lowest BCUT2D eigenvalue weighted by Gasteiger charge is -2.09. The number of non-ortho nitro benzene ring substituents is 1. The highest BCUT2D eigenvalue weighted by atomic mass is 32.2. The minimum atomic E-state index is -4.29. The smallest absolute Gasteiger partial charge is 0.296 e. The minimum Gasteiger partial charge on any atom is -0.379 e. The second-order valence-electron chi connectivity index (χ2n) is 16.2. The van der Waals surface area contributed by atoms with E-state index in [9.17, 15) is 28.6 Å². The standard InChI is InChI=1S/C48H89N3O18S/c1-2-3-4-5-6-7-8-9-10-11-12-13-14-15-16-17-21-58-23-25-60-27-29-62-31-33-64-35-37-66-39-41-68-43-44-69-42-40-67-38-36-65-34-32-63-30-28-61-26-24-59-22-20-49-70(56,57)48-19-18-46(50(52)53)45-47(48)51(54)55/h18-19,45,49H,2-17,20-44H2,1H3. The van der Waals surface area contributed by atoms with E-state index in [4.69, 9.17) is 56.8 Å². The van der Waals surface area contributed by atoms with E-state index in [-0.39, 0.29) is 26.4 Å². The van der Waals surface area contributed by atoms with Crippen LogP contribution in [0.3, 0.4) is 0 Å². The van der Waals surface area contributed by atoms with E-state index < -0.39 is 36.1 Å². The Labute approximate surface area is 418 Å². The Morgan fingerprint density at radius 3 is 0.943 bits per heavy atom. The van der Waals surface area contributed by atoms with Gasteiger partial charge in [0.15, 0.2) is 4.90 Å². The molecule has 0 aliphatic carbocycles. The summed E-state index contributed by atoms with van der Waals surface area (Å²) in [4.78, 5) is 19.6. The molecular weight excluding hydrogens is 939 g/mol. The molecule has 1 aromatic carbocycles. The molecule has 1 aromatic rings. The van der Waals surface area contributed by atoms with Gasteiger partial charge in [-0.1, -0.05) is 103 Å². The monoisotopic (exact) mass is 1030 g/mol. The van der Waals surface area contributed by atoms with Crippen molar-refractivity contribution in [1.29, 1.82) is 0 Å². The van der Waals surface area contributed by atoms with Crippen LogP contribution in [-0.4, -0.2) is 183 Å². The number of rotatable bonds is 57. The van der Waals surface area contributed by atoms with Crippen molar-refractivity contribution in [2.75, 3.05) is 165 Å². The summed E-state index contributed by atoms with van der Waals surface area (Å²) in [6, 6.07) is 2.30. The summed E-state index contributed by atoms with van der Waals surface area (Å²) in [5, 5.41) is 22.1. The predicted molar refractivity (Wildman–Crippen MR) is 264 cm³/mol. The lowest BCUT2D eigenvalue weighted by atomic mass is 10.0. The molecule has 410 valence electrons. The van der Waals surface area contributed by atoms with E-state index in [0.717, 1.165) is 25.2 Å². The van der Waals surface area contributed by atoms with Crippen molar-refractivity contribution in [2.45, 2.75) is 115 Å². The van der Waals surface area contributed by atoms with Crippen LogP contribution in [0.25, 0.3) is 0 Å². The summed E-state index contributed by atoms with van der Waals surface area (Å²) in [6.45, 7) is 12.7. The fourth-order valence-corrected chi connectivity index (χ4v) is 7.75. The fourth-order valence-electron chi connectivity index (χ4n) is 6.59. The fraction of sp³-hybridized carbons (Fsp3) is 0.875. The maximum Gasteiger partial charge on any atom is 0.296 e. The molecule has 0 heterocycles. The zero-order valence-electron chi connectivity index (χ0n) is 42.4. The summed E-state index contributed by atoms with van der Waals surface area (Å²) >= 11 is 0. The van der Waals surface area contributed by atoms with Gasteiger partial charge in [-0.2, -0.15) is 0 Å². The van der Waals surface area contributed by atoms with E-state index in [1.807, 2.05) is 0 Å². The van der Waals surface area contributed by atoms with Gasteiger partial charge in [0.05, 0.1) is 168 Å². The van der Waals surface area contributed by atoms with Gasteiger partial charge in [-0.25, -0.2) is 13.1 Å². The van der Waals surface area contributed by atoms with Gasteiger partial charge in [0.1, 0.15) is 0 Å². The van der Waals surface area contributed by atoms with Crippen molar-refractivity contribution in [3.8, 4) is 0 Å². The summed E-state index contributed by atoms with van der Waals surface area (Å²) in [5.74, 6) is 0. The first-order valence-electron chi connectivity index (χ1n) is 25.6. The second kappa shape index (κ2) is 50.0. The number of nitro benzene ring substituents is 2. The average molecular weight is 1030 g/mol. The zero-order chi connectivity index (χ0) is 50.7. The quantitative estimate of drug-likeness (QED) is 0.0384. The van der Waals surface area contributed by atoms with Crippen LogP contribution in [0.15, 0.2) is 23.1 Å². The Hall–Kier alpha value is -2.55. The molecule has 70 heavy (non-hydrogen) atoms. The Balaban J connectivity index is 1.68. The van der Waals surface area contributed by atoms with Crippen LogP contribution in [0, 0.1) is 20.2 Å². The third-order valence-corrected chi connectivity index (χ3v) is 11.9. The van der Waals surface area contributed by atoms with Gasteiger partial charge in [-0.3, -0.25) is 20.2 Å². The highest BCUT2D eigenvalue weighted by molar-refractivity contribution is 7.89. The molecular formula is C48H89N3O18S. The van der Waals surface area contributed by atoms with Gasteiger partial charge in [-0.05, 0) is 12.5 Å². The van der Waals surface area contributed by atoms with E-state index in [0.29, 0.717) is 138 Å². The van der Waals surface area contributed by atoms with Gasteiger partial charge in [0.25, 0.3) is 11.4 Å². The number of nitrogens with one attached hydrogen (secondary N) is 1. The van der Waals surface area contributed by atoms with E-state index in [2.05, 4.69) is 11.6 Å².